The minimum atomic E-state index is -0.0973. The number of fused-ring (bicyclic) bond motifs is 1. The summed E-state index contributed by atoms with van der Waals surface area (Å²) in [5.74, 6) is 0.135. The maximum atomic E-state index is 14.5. The normalized spacial score (nSPS) is 19.1. The molecule has 2 aromatic rings. The Kier molecular flexibility index (Phi) is 4.02. The van der Waals surface area contributed by atoms with Crippen LogP contribution in [0.1, 0.15) is 47.2 Å². The number of likely N-dealkylation sites (N-methyl/N-ethyl adjacent to an activating group) is 1. The summed E-state index contributed by atoms with van der Waals surface area (Å²) < 4.78 is 14.5. The molecule has 0 amide bonds. The third-order valence-corrected chi connectivity index (χ3v) is 4.51. The van der Waals surface area contributed by atoms with Crippen LogP contribution in [-0.4, -0.2) is 12.0 Å². The van der Waals surface area contributed by atoms with Crippen molar-refractivity contribution in [1.82, 2.24) is 10.3 Å². The van der Waals surface area contributed by atoms with Crippen LogP contribution in [-0.2, 0) is 6.42 Å². The zero-order chi connectivity index (χ0) is 14.8. The van der Waals surface area contributed by atoms with Crippen molar-refractivity contribution in [3.63, 3.8) is 0 Å². The number of aryl methyl sites for hydroxylation is 2. The van der Waals surface area contributed by atoms with Crippen LogP contribution in [0.3, 0.4) is 0 Å². The molecule has 0 saturated carbocycles. The Morgan fingerprint density at radius 3 is 2.95 bits per heavy atom. The number of halogens is 1. The summed E-state index contributed by atoms with van der Waals surface area (Å²) in [6.07, 6.45) is 5.10. The van der Waals surface area contributed by atoms with E-state index >= 15 is 0 Å². The molecule has 3 rings (SSSR count). The Morgan fingerprint density at radius 2 is 2.14 bits per heavy atom. The molecule has 21 heavy (non-hydrogen) atoms. The summed E-state index contributed by atoms with van der Waals surface area (Å²) in [5, 5.41) is 3.32. The lowest BCUT2D eigenvalue weighted by Gasteiger charge is -2.32. The second kappa shape index (κ2) is 5.94. The molecule has 110 valence electrons. The number of benzene rings is 1. The molecule has 0 radical (unpaired) electrons. The van der Waals surface area contributed by atoms with E-state index in [1.54, 1.807) is 0 Å². The predicted octanol–water partition coefficient (Wildman–Crippen LogP) is 3.91. The van der Waals surface area contributed by atoms with Crippen molar-refractivity contribution in [2.24, 2.45) is 0 Å². The smallest absolute Gasteiger partial charge is 0.130 e. The maximum absolute atomic E-state index is 14.5. The summed E-state index contributed by atoms with van der Waals surface area (Å²) in [5.41, 5.74) is 3.89. The van der Waals surface area contributed by atoms with Gasteiger partial charge in [-0.05, 0) is 50.4 Å². The highest BCUT2D eigenvalue weighted by atomic mass is 19.1. The van der Waals surface area contributed by atoms with Gasteiger partial charge in [0.25, 0.3) is 0 Å². The lowest BCUT2D eigenvalue weighted by molar-refractivity contribution is 0.402. The van der Waals surface area contributed by atoms with Crippen LogP contribution in [0.5, 0.6) is 0 Å². The lowest BCUT2D eigenvalue weighted by atomic mass is 9.79. The van der Waals surface area contributed by atoms with Crippen molar-refractivity contribution in [2.75, 3.05) is 7.05 Å². The van der Waals surface area contributed by atoms with E-state index in [9.17, 15) is 4.39 Å². The molecular formula is C18H21FN2. The van der Waals surface area contributed by atoms with Gasteiger partial charge in [0, 0.05) is 29.4 Å². The quantitative estimate of drug-likeness (QED) is 0.924. The van der Waals surface area contributed by atoms with E-state index in [2.05, 4.69) is 16.4 Å². The molecule has 0 bridgehead atoms. The molecule has 0 saturated heterocycles. The summed E-state index contributed by atoms with van der Waals surface area (Å²) >= 11 is 0. The van der Waals surface area contributed by atoms with Gasteiger partial charge in [-0.25, -0.2) is 4.39 Å². The first-order valence-corrected chi connectivity index (χ1v) is 7.58. The van der Waals surface area contributed by atoms with Gasteiger partial charge in [-0.1, -0.05) is 24.3 Å². The standard InChI is InChI=1S/C18H21FN2/c1-12-6-3-9-14(16(12)19)18(20-2)15-10-4-7-13-8-5-11-21-17(13)15/h3,5-6,8-9,11,15,18,20H,4,7,10H2,1-2H3. The Balaban J connectivity index is 2.04. The van der Waals surface area contributed by atoms with Gasteiger partial charge in [0.1, 0.15) is 5.82 Å². The van der Waals surface area contributed by atoms with Crippen LogP contribution in [0.25, 0.3) is 0 Å². The van der Waals surface area contributed by atoms with E-state index < -0.39 is 0 Å². The molecule has 2 atom stereocenters. The average molecular weight is 284 g/mol. The van der Waals surface area contributed by atoms with E-state index in [1.807, 2.05) is 44.4 Å². The van der Waals surface area contributed by atoms with Gasteiger partial charge < -0.3 is 5.32 Å². The molecule has 1 aliphatic rings. The lowest BCUT2D eigenvalue weighted by Crippen LogP contribution is -2.28. The molecule has 0 spiro atoms. The third-order valence-electron chi connectivity index (χ3n) is 4.51. The fraction of sp³-hybridized carbons (Fsp3) is 0.389. The zero-order valence-electron chi connectivity index (χ0n) is 12.6. The van der Waals surface area contributed by atoms with Crippen molar-refractivity contribution in [3.05, 3.63) is 64.7 Å². The molecule has 1 aliphatic carbocycles. The highest BCUT2D eigenvalue weighted by molar-refractivity contribution is 5.34. The topological polar surface area (TPSA) is 24.9 Å². The molecule has 1 aromatic carbocycles. The highest BCUT2D eigenvalue weighted by Crippen LogP contribution is 2.39. The Morgan fingerprint density at radius 1 is 1.29 bits per heavy atom. The van der Waals surface area contributed by atoms with Crippen molar-refractivity contribution in [2.45, 2.75) is 38.1 Å². The first-order chi connectivity index (χ1) is 10.2. The van der Waals surface area contributed by atoms with Crippen LogP contribution in [0, 0.1) is 12.7 Å². The number of nitrogens with zero attached hydrogens (tertiary/aromatic N) is 1. The SMILES string of the molecule is CNC(c1cccc(C)c1F)C1CCCc2cccnc21. The van der Waals surface area contributed by atoms with Gasteiger partial charge in [0.15, 0.2) is 0 Å². The van der Waals surface area contributed by atoms with Crippen LogP contribution in [0.15, 0.2) is 36.5 Å². The second-order valence-corrected chi connectivity index (χ2v) is 5.79. The molecule has 0 aliphatic heterocycles. The highest BCUT2D eigenvalue weighted by Gasteiger charge is 2.30. The number of hydrogen-bond acceptors (Lipinski definition) is 2. The van der Waals surface area contributed by atoms with E-state index in [1.165, 1.54) is 5.56 Å². The first kappa shape index (κ1) is 14.2. The van der Waals surface area contributed by atoms with Crippen molar-refractivity contribution in [1.29, 1.82) is 0 Å². The van der Waals surface area contributed by atoms with E-state index in [4.69, 9.17) is 0 Å². The fourth-order valence-corrected chi connectivity index (χ4v) is 3.45. The number of aromatic nitrogens is 1. The van der Waals surface area contributed by atoms with Crippen LogP contribution < -0.4 is 5.32 Å². The molecule has 3 heteroatoms. The van der Waals surface area contributed by atoms with E-state index in [0.29, 0.717) is 5.56 Å². The summed E-state index contributed by atoms with van der Waals surface area (Å²) in [6.45, 7) is 1.82. The van der Waals surface area contributed by atoms with Gasteiger partial charge >= 0.3 is 0 Å². The predicted molar refractivity (Wildman–Crippen MR) is 82.9 cm³/mol. The van der Waals surface area contributed by atoms with Gasteiger partial charge in [-0.2, -0.15) is 0 Å². The first-order valence-electron chi connectivity index (χ1n) is 7.58. The molecule has 2 unspecified atom stereocenters. The minimum Gasteiger partial charge on any atom is -0.312 e. The van der Waals surface area contributed by atoms with Crippen molar-refractivity contribution in [3.8, 4) is 0 Å². The number of pyridine rings is 1. The number of rotatable bonds is 3. The summed E-state index contributed by atoms with van der Waals surface area (Å²) in [6, 6.07) is 9.75. The van der Waals surface area contributed by atoms with Gasteiger partial charge in [-0.3, -0.25) is 4.98 Å². The molecule has 2 nitrogen and oxygen atoms in total. The number of nitrogens with one attached hydrogen (secondary N) is 1. The van der Waals surface area contributed by atoms with E-state index in [-0.39, 0.29) is 17.8 Å². The van der Waals surface area contributed by atoms with Gasteiger partial charge in [-0.15, -0.1) is 0 Å². The molecular weight excluding hydrogens is 263 g/mol. The second-order valence-electron chi connectivity index (χ2n) is 5.79. The number of hydrogen-bond donors (Lipinski definition) is 1. The van der Waals surface area contributed by atoms with Crippen LogP contribution in [0.4, 0.5) is 4.39 Å². The van der Waals surface area contributed by atoms with Crippen molar-refractivity contribution < 1.29 is 4.39 Å². The largest absolute Gasteiger partial charge is 0.312 e. The van der Waals surface area contributed by atoms with E-state index in [0.717, 1.165) is 30.5 Å². The Hall–Kier alpha value is -1.74. The van der Waals surface area contributed by atoms with Crippen LogP contribution >= 0.6 is 0 Å². The molecule has 1 N–H and O–H groups in total. The molecule has 0 fully saturated rings. The average Bonchev–Trinajstić information content (AvgIpc) is 2.52. The summed E-state index contributed by atoms with van der Waals surface area (Å²) in [4.78, 5) is 4.58. The van der Waals surface area contributed by atoms with Crippen molar-refractivity contribution >= 4 is 0 Å². The monoisotopic (exact) mass is 284 g/mol. The van der Waals surface area contributed by atoms with Gasteiger partial charge in [0.05, 0.1) is 0 Å². The van der Waals surface area contributed by atoms with Crippen LogP contribution in [0.2, 0.25) is 0 Å². The molecule has 1 aromatic heterocycles. The maximum Gasteiger partial charge on any atom is 0.130 e. The minimum absolute atomic E-state index is 0.0288. The fourth-order valence-electron chi connectivity index (χ4n) is 3.45. The summed E-state index contributed by atoms with van der Waals surface area (Å²) in [7, 11) is 1.91. The third kappa shape index (κ3) is 2.58. The molecule has 1 heterocycles. The van der Waals surface area contributed by atoms with Gasteiger partial charge in [0.2, 0.25) is 0 Å². The zero-order valence-corrected chi connectivity index (χ0v) is 12.6. The Bertz CT molecular complexity index is 639. The Labute approximate surface area is 125 Å².